The van der Waals surface area contributed by atoms with E-state index in [0.717, 1.165) is 5.56 Å². The second-order valence-corrected chi connectivity index (χ2v) is 6.28. The third kappa shape index (κ3) is 4.43. The Balaban J connectivity index is 1.84. The Labute approximate surface area is 160 Å². The van der Waals surface area contributed by atoms with Crippen LogP contribution in [0, 0.1) is 0 Å². The van der Waals surface area contributed by atoms with Gasteiger partial charge in [-0.3, -0.25) is 14.4 Å². The molecule has 0 saturated carbocycles. The number of carbonyl (C=O) groups excluding carboxylic acids is 2. The molecular formula is C20H16ClN3O3. The summed E-state index contributed by atoms with van der Waals surface area (Å²) in [5.41, 5.74) is 6.79. The van der Waals surface area contributed by atoms with Gasteiger partial charge in [0.25, 0.3) is 11.5 Å². The number of rotatable bonds is 5. The minimum absolute atomic E-state index is 0.247. The van der Waals surface area contributed by atoms with E-state index in [1.165, 1.54) is 29.0 Å². The molecule has 2 amide bonds. The first-order chi connectivity index (χ1) is 12.9. The monoisotopic (exact) mass is 381 g/mol. The number of primary amides is 1. The lowest BCUT2D eigenvalue weighted by Crippen LogP contribution is -2.22. The summed E-state index contributed by atoms with van der Waals surface area (Å²) in [4.78, 5) is 35.9. The van der Waals surface area contributed by atoms with E-state index in [2.05, 4.69) is 5.32 Å². The van der Waals surface area contributed by atoms with Gasteiger partial charge in [0.15, 0.2) is 0 Å². The molecule has 0 unspecified atom stereocenters. The van der Waals surface area contributed by atoms with Crippen LogP contribution in [0.25, 0.3) is 0 Å². The molecule has 0 aliphatic carbocycles. The molecule has 6 nitrogen and oxygen atoms in total. The summed E-state index contributed by atoms with van der Waals surface area (Å²) in [7, 11) is 0. The molecule has 0 spiro atoms. The molecule has 0 fully saturated rings. The SMILES string of the molecule is NC(=O)c1cccc(NC(=O)c2ccc(=O)n(Cc3ccccc3Cl)c2)c1. The van der Waals surface area contributed by atoms with Gasteiger partial charge in [-0.1, -0.05) is 35.9 Å². The highest BCUT2D eigenvalue weighted by molar-refractivity contribution is 6.31. The molecule has 0 atom stereocenters. The van der Waals surface area contributed by atoms with E-state index in [0.29, 0.717) is 16.3 Å². The van der Waals surface area contributed by atoms with E-state index in [1.54, 1.807) is 30.3 Å². The first kappa shape index (κ1) is 18.4. The lowest BCUT2D eigenvalue weighted by molar-refractivity contribution is 0.0996. The maximum absolute atomic E-state index is 12.5. The largest absolute Gasteiger partial charge is 0.366 e. The maximum atomic E-state index is 12.5. The standard InChI is InChI=1S/C20H16ClN3O3/c21-17-7-2-1-4-14(17)11-24-12-15(8-9-18(24)25)20(27)23-16-6-3-5-13(10-16)19(22)26/h1-10,12H,11H2,(H2,22,26)(H,23,27). The lowest BCUT2D eigenvalue weighted by Gasteiger charge is -2.10. The number of nitrogens with zero attached hydrogens (tertiary/aromatic N) is 1. The van der Waals surface area contributed by atoms with Crippen molar-refractivity contribution in [3.05, 3.63) is 98.9 Å². The molecule has 0 radical (unpaired) electrons. The predicted octanol–water partition coefficient (Wildman–Crippen LogP) is 2.90. The van der Waals surface area contributed by atoms with Crippen LogP contribution in [-0.2, 0) is 6.54 Å². The average molecular weight is 382 g/mol. The molecule has 1 aromatic heterocycles. The fourth-order valence-corrected chi connectivity index (χ4v) is 2.75. The fourth-order valence-electron chi connectivity index (χ4n) is 2.55. The Kier molecular flexibility index (Phi) is 5.38. The molecule has 136 valence electrons. The molecule has 27 heavy (non-hydrogen) atoms. The third-order valence-corrected chi connectivity index (χ3v) is 4.32. The lowest BCUT2D eigenvalue weighted by atomic mass is 10.2. The van der Waals surface area contributed by atoms with Crippen molar-refractivity contribution in [2.45, 2.75) is 6.54 Å². The zero-order chi connectivity index (χ0) is 19.4. The van der Waals surface area contributed by atoms with Gasteiger partial charge in [-0.2, -0.15) is 0 Å². The van der Waals surface area contributed by atoms with Gasteiger partial charge in [0.2, 0.25) is 5.91 Å². The van der Waals surface area contributed by atoms with Gasteiger partial charge < -0.3 is 15.6 Å². The van der Waals surface area contributed by atoms with Gasteiger partial charge in [0.1, 0.15) is 0 Å². The Morgan fingerprint density at radius 3 is 2.52 bits per heavy atom. The van der Waals surface area contributed by atoms with Crippen LogP contribution in [0.2, 0.25) is 5.02 Å². The third-order valence-electron chi connectivity index (χ3n) is 3.95. The predicted molar refractivity (Wildman–Crippen MR) is 104 cm³/mol. The van der Waals surface area contributed by atoms with Crippen LogP contribution in [0.1, 0.15) is 26.3 Å². The summed E-state index contributed by atoms with van der Waals surface area (Å²) >= 11 is 6.14. The number of hydrogen-bond acceptors (Lipinski definition) is 3. The average Bonchev–Trinajstić information content (AvgIpc) is 2.65. The zero-order valence-electron chi connectivity index (χ0n) is 14.2. The molecule has 0 aliphatic rings. The number of benzene rings is 2. The van der Waals surface area contributed by atoms with Gasteiger partial charge >= 0.3 is 0 Å². The minimum Gasteiger partial charge on any atom is -0.366 e. The summed E-state index contributed by atoms with van der Waals surface area (Å²) in [5, 5.41) is 3.23. The van der Waals surface area contributed by atoms with Gasteiger partial charge in [-0.15, -0.1) is 0 Å². The number of pyridine rings is 1. The van der Waals surface area contributed by atoms with Crippen LogP contribution < -0.4 is 16.6 Å². The van der Waals surface area contributed by atoms with Gasteiger partial charge in [-0.25, -0.2) is 0 Å². The van der Waals surface area contributed by atoms with Gasteiger partial charge in [0, 0.05) is 28.5 Å². The number of nitrogens with two attached hydrogens (primary N) is 1. The van der Waals surface area contributed by atoms with Crippen molar-refractivity contribution in [3.63, 3.8) is 0 Å². The Morgan fingerprint density at radius 2 is 1.78 bits per heavy atom. The summed E-state index contributed by atoms with van der Waals surface area (Å²) in [6, 6.07) is 16.3. The van der Waals surface area contributed by atoms with E-state index in [9.17, 15) is 14.4 Å². The quantitative estimate of drug-likeness (QED) is 0.711. The van der Waals surface area contributed by atoms with Gasteiger partial charge in [-0.05, 0) is 35.9 Å². The second kappa shape index (κ2) is 7.88. The summed E-state index contributed by atoms with van der Waals surface area (Å²) in [6.07, 6.45) is 1.47. The van der Waals surface area contributed by atoms with E-state index in [4.69, 9.17) is 17.3 Å². The van der Waals surface area contributed by atoms with Crippen LogP contribution >= 0.6 is 11.6 Å². The maximum Gasteiger partial charge on any atom is 0.257 e. The summed E-state index contributed by atoms with van der Waals surface area (Å²) in [6.45, 7) is 0.247. The van der Waals surface area contributed by atoms with Crippen molar-refractivity contribution in [1.29, 1.82) is 0 Å². The molecule has 3 rings (SSSR count). The minimum atomic E-state index is -0.584. The number of nitrogens with one attached hydrogen (secondary N) is 1. The van der Waals surface area contributed by atoms with Crippen molar-refractivity contribution in [2.24, 2.45) is 5.73 Å². The Hall–Kier alpha value is -3.38. The first-order valence-electron chi connectivity index (χ1n) is 8.09. The summed E-state index contributed by atoms with van der Waals surface area (Å²) < 4.78 is 1.41. The number of anilines is 1. The highest BCUT2D eigenvalue weighted by atomic mass is 35.5. The highest BCUT2D eigenvalue weighted by Gasteiger charge is 2.10. The Morgan fingerprint density at radius 1 is 1.00 bits per heavy atom. The second-order valence-electron chi connectivity index (χ2n) is 5.87. The van der Waals surface area contributed by atoms with E-state index in [-0.39, 0.29) is 17.7 Å². The van der Waals surface area contributed by atoms with Crippen molar-refractivity contribution >= 4 is 29.1 Å². The van der Waals surface area contributed by atoms with E-state index >= 15 is 0 Å². The van der Waals surface area contributed by atoms with Crippen LogP contribution in [-0.4, -0.2) is 16.4 Å². The number of amides is 2. The highest BCUT2D eigenvalue weighted by Crippen LogP contribution is 2.16. The van der Waals surface area contributed by atoms with Crippen molar-refractivity contribution in [3.8, 4) is 0 Å². The van der Waals surface area contributed by atoms with Crippen LogP contribution in [0.5, 0.6) is 0 Å². The molecule has 0 saturated heterocycles. The van der Waals surface area contributed by atoms with Crippen LogP contribution in [0.15, 0.2) is 71.7 Å². The van der Waals surface area contributed by atoms with Crippen LogP contribution in [0.3, 0.4) is 0 Å². The number of carbonyl (C=O) groups is 2. The fraction of sp³-hybridized carbons (Fsp3) is 0.0500. The zero-order valence-corrected chi connectivity index (χ0v) is 14.9. The molecule has 1 heterocycles. The molecule has 0 bridgehead atoms. The summed E-state index contributed by atoms with van der Waals surface area (Å²) in [5.74, 6) is -0.996. The van der Waals surface area contributed by atoms with Crippen molar-refractivity contribution < 1.29 is 9.59 Å². The molecule has 7 heteroatoms. The van der Waals surface area contributed by atoms with Crippen LogP contribution in [0.4, 0.5) is 5.69 Å². The molecule has 3 aromatic rings. The smallest absolute Gasteiger partial charge is 0.257 e. The van der Waals surface area contributed by atoms with E-state index in [1.807, 2.05) is 12.1 Å². The topological polar surface area (TPSA) is 94.2 Å². The normalized spacial score (nSPS) is 10.4. The number of halogens is 1. The van der Waals surface area contributed by atoms with Crippen molar-refractivity contribution in [1.82, 2.24) is 4.57 Å². The van der Waals surface area contributed by atoms with E-state index < -0.39 is 11.8 Å². The Bertz CT molecular complexity index is 1080. The first-order valence-corrected chi connectivity index (χ1v) is 8.47. The van der Waals surface area contributed by atoms with Crippen molar-refractivity contribution in [2.75, 3.05) is 5.32 Å². The number of hydrogen-bond donors (Lipinski definition) is 2. The molecule has 3 N–H and O–H groups in total. The molecule has 0 aliphatic heterocycles. The molecular weight excluding hydrogens is 366 g/mol. The molecule has 2 aromatic carbocycles. The van der Waals surface area contributed by atoms with Gasteiger partial charge in [0.05, 0.1) is 12.1 Å². The number of aromatic nitrogens is 1.